The SMILES string of the molecule is [NH]C(=S)Nc1ncc2nc[nH]c2n1. The summed E-state index contributed by atoms with van der Waals surface area (Å²) in [4.78, 5) is 14.7. The minimum Gasteiger partial charge on any atom is -0.329 e. The summed E-state index contributed by atoms with van der Waals surface area (Å²) in [7, 11) is 0. The Balaban J connectivity index is 2.42. The van der Waals surface area contributed by atoms with Gasteiger partial charge in [-0.2, -0.15) is 4.98 Å². The normalized spacial score (nSPS) is 10.2. The van der Waals surface area contributed by atoms with E-state index in [9.17, 15) is 0 Å². The van der Waals surface area contributed by atoms with Crippen molar-refractivity contribution in [2.24, 2.45) is 0 Å². The van der Waals surface area contributed by atoms with Crippen molar-refractivity contribution in [3.63, 3.8) is 0 Å². The Bertz CT molecular complexity index is 449. The van der Waals surface area contributed by atoms with E-state index in [-0.39, 0.29) is 5.11 Å². The molecule has 0 bridgehead atoms. The molecule has 0 unspecified atom stereocenters. The molecule has 7 heteroatoms. The van der Waals surface area contributed by atoms with Crippen molar-refractivity contribution >= 4 is 34.4 Å². The second kappa shape index (κ2) is 2.94. The van der Waals surface area contributed by atoms with Crippen LogP contribution in [0.4, 0.5) is 5.95 Å². The molecule has 0 aromatic carbocycles. The fourth-order valence-corrected chi connectivity index (χ4v) is 0.992. The molecule has 2 rings (SSSR count). The largest absolute Gasteiger partial charge is 0.329 e. The van der Waals surface area contributed by atoms with Crippen LogP contribution in [0.2, 0.25) is 0 Å². The molecule has 0 aliphatic carbocycles. The maximum Gasteiger partial charge on any atom is 0.231 e. The van der Waals surface area contributed by atoms with Gasteiger partial charge in [-0.1, -0.05) is 0 Å². The van der Waals surface area contributed by atoms with E-state index in [0.29, 0.717) is 17.1 Å². The second-order valence-corrected chi connectivity index (χ2v) is 2.69. The van der Waals surface area contributed by atoms with Crippen LogP contribution in [0.1, 0.15) is 0 Å². The minimum absolute atomic E-state index is 0.112. The number of aromatic amines is 1. The number of nitrogens with zero attached hydrogens (tertiary/aromatic N) is 3. The van der Waals surface area contributed by atoms with Gasteiger partial charge < -0.3 is 4.98 Å². The first-order valence-electron chi connectivity index (χ1n) is 3.44. The number of anilines is 1. The molecule has 0 saturated carbocycles. The van der Waals surface area contributed by atoms with Gasteiger partial charge in [-0.15, -0.1) is 0 Å². The number of hydrogen-bond acceptors (Lipinski definition) is 4. The van der Waals surface area contributed by atoms with Gasteiger partial charge in [-0.05, 0) is 12.2 Å². The minimum atomic E-state index is -0.112. The third-order valence-electron chi connectivity index (χ3n) is 1.40. The standard InChI is InChI=1S/C6H5N6S/c7-5(13)12-6-8-1-3-4(11-6)10-2-9-3/h1-2,7H,(H2,8,9,10,11,12,13). The first-order chi connectivity index (χ1) is 6.25. The number of rotatable bonds is 1. The summed E-state index contributed by atoms with van der Waals surface area (Å²) in [5.74, 6) is 0.303. The highest BCUT2D eigenvalue weighted by atomic mass is 32.1. The van der Waals surface area contributed by atoms with Crippen molar-refractivity contribution in [3.8, 4) is 0 Å². The van der Waals surface area contributed by atoms with Crippen molar-refractivity contribution in [2.75, 3.05) is 5.32 Å². The topological polar surface area (TPSA) is 90.3 Å². The van der Waals surface area contributed by atoms with E-state index >= 15 is 0 Å². The number of imidazole rings is 1. The maximum absolute atomic E-state index is 7.00. The van der Waals surface area contributed by atoms with Crippen LogP contribution < -0.4 is 11.1 Å². The lowest BCUT2D eigenvalue weighted by Gasteiger charge is -1.98. The maximum atomic E-state index is 7.00. The Kier molecular flexibility index (Phi) is 1.78. The molecule has 65 valence electrons. The molecule has 1 radical (unpaired) electrons. The number of thiocarbonyl (C=S) groups is 1. The molecule has 0 atom stereocenters. The monoisotopic (exact) mass is 193 g/mol. The molecule has 0 aliphatic rings. The fraction of sp³-hybridized carbons (Fsp3) is 0. The Morgan fingerprint density at radius 1 is 1.54 bits per heavy atom. The first kappa shape index (κ1) is 7.87. The van der Waals surface area contributed by atoms with Crippen molar-refractivity contribution in [3.05, 3.63) is 12.5 Å². The van der Waals surface area contributed by atoms with Crippen LogP contribution in [-0.4, -0.2) is 25.0 Å². The summed E-state index contributed by atoms with van der Waals surface area (Å²) in [6.07, 6.45) is 3.08. The van der Waals surface area contributed by atoms with Crippen molar-refractivity contribution in [2.45, 2.75) is 0 Å². The van der Waals surface area contributed by atoms with Crippen molar-refractivity contribution in [1.29, 1.82) is 0 Å². The lowest BCUT2D eigenvalue weighted by atomic mass is 10.6. The van der Waals surface area contributed by atoms with Crippen LogP contribution in [0, 0.1) is 0 Å². The summed E-state index contributed by atoms with van der Waals surface area (Å²) in [5.41, 5.74) is 8.30. The van der Waals surface area contributed by atoms with Gasteiger partial charge in [-0.3, -0.25) is 11.1 Å². The van der Waals surface area contributed by atoms with Crippen LogP contribution in [-0.2, 0) is 0 Å². The highest BCUT2D eigenvalue weighted by Crippen LogP contribution is 2.06. The summed E-state index contributed by atoms with van der Waals surface area (Å²) < 4.78 is 0. The average Bonchev–Trinajstić information content (AvgIpc) is 2.49. The quantitative estimate of drug-likeness (QED) is 0.637. The smallest absolute Gasteiger partial charge is 0.231 e. The molecule has 2 heterocycles. The van der Waals surface area contributed by atoms with Gasteiger partial charge in [0.25, 0.3) is 0 Å². The Morgan fingerprint density at radius 2 is 2.38 bits per heavy atom. The van der Waals surface area contributed by atoms with Crippen molar-refractivity contribution in [1.82, 2.24) is 25.7 Å². The van der Waals surface area contributed by atoms with Crippen LogP contribution in [0.3, 0.4) is 0 Å². The Labute approximate surface area is 78.6 Å². The summed E-state index contributed by atoms with van der Waals surface area (Å²) >= 11 is 4.53. The van der Waals surface area contributed by atoms with E-state index in [4.69, 9.17) is 5.73 Å². The molecular formula is C6H5N6S. The number of H-pyrrole nitrogens is 1. The molecule has 0 spiro atoms. The molecule has 2 aromatic heterocycles. The molecule has 2 aromatic rings. The first-order valence-corrected chi connectivity index (χ1v) is 3.85. The van der Waals surface area contributed by atoms with Crippen LogP contribution in [0.15, 0.2) is 12.5 Å². The second-order valence-electron chi connectivity index (χ2n) is 2.28. The zero-order valence-corrected chi connectivity index (χ0v) is 7.22. The van der Waals surface area contributed by atoms with Crippen molar-refractivity contribution < 1.29 is 0 Å². The number of aromatic nitrogens is 4. The van der Waals surface area contributed by atoms with E-state index in [2.05, 4.69) is 37.5 Å². The predicted octanol–water partition coefficient (Wildman–Crippen LogP) is 0.333. The van der Waals surface area contributed by atoms with E-state index in [1.165, 1.54) is 6.33 Å². The molecular weight excluding hydrogens is 188 g/mol. The summed E-state index contributed by atoms with van der Waals surface area (Å²) in [5, 5.41) is 2.40. The highest BCUT2D eigenvalue weighted by Gasteiger charge is 2.01. The van der Waals surface area contributed by atoms with Crippen LogP contribution in [0.25, 0.3) is 11.2 Å². The fourth-order valence-electron chi connectivity index (χ4n) is 0.901. The highest BCUT2D eigenvalue weighted by molar-refractivity contribution is 7.80. The summed E-state index contributed by atoms with van der Waals surface area (Å²) in [6.45, 7) is 0. The van der Waals surface area contributed by atoms with Gasteiger partial charge in [0, 0.05) is 0 Å². The number of fused-ring (bicyclic) bond motifs is 1. The molecule has 13 heavy (non-hydrogen) atoms. The van der Waals surface area contributed by atoms with Gasteiger partial charge in [0.05, 0.1) is 12.5 Å². The van der Waals surface area contributed by atoms with Gasteiger partial charge >= 0.3 is 0 Å². The molecule has 0 amide bonds. The average molecular weight is 193 g/mol. The molecule has 0 fully saturated rings. The molecule has 3 N–H and O–H groups in total. The van der Waals surface area contributed by atoms with Gasteiger partial charge in [0.2, 0.25) is 5.95 Å². The number of hydrogen-bond donors (Lipinski definition) is 2. The predicted molar refractivity (Wildman–Crippen MR) is 51.0 cm³/mol. The summed E-state index contributed by atoms with van der Waals surface area (Å²) in [6, 6.07) is 0. The number of nitrogens with one attached hydrogen (secondary N) is 3. The molecule has 6 nitrogen and oxygen atoms in total. The van der Waals surface area contributed by atoms with Crippen LogP contribution >= 0.6 is 12.2 Å². The molecule has 0 saturated heterocycles. The van der Waals surface area contributed by atoms with E-state index in [0.717, 1.165) is 0 Å². The lowest BCUT2D eigenvalue weighted by molar-refractivity contribution is 1.20. The third-order valence-corrected chi connectivity index (χ3v) is 1.50. The lowest BCUT2D eigenvalue weighted by Crippen LogP contribution is -2.11. The van der Waals surface area contributed by atoms with E-state index in [1.807, 2.05) is 0 Å². The van der Waals surface area contributed by atoms with Gasteiger partial charge in [-0.25, -0.2) is 9.97 Å². The molecule has 0 aliphatic heterocycles. The zero-order chi connectivity index (χ0) is 9.26. The Morgan fingerprint density at radius 3 is 3.15 bits per heavy atom. The third kappa shape index (κ3) is 1.54. The zero-order valence-electron chi connectivity index (χ0n) is 6.40. The van der Waals surface area contributed by atoms with E-state index in [1.54, 1.807) is 6.20 Å². The van der Waals surface area contributed by atoms with Gasteiger partial charge in [0.15, 0.2) is 10.8 Å². The Hall–Kier alpha value is -1.76. The van der Waals surface area contributed by atoms with E-state index < -0.39 is 0 Å². The van der Waals surface area contributed by atoms with Crippen LogP contribution in [0.5, 0.6) is 0 Å². The van der Waals surface area contributed by atoms with Gasteiger partial charge in [0.1, 0.15) is 5.52 Å².